The fourth-order valence-corrected chi connectivity index (χ4v) is 2.22. The lowest BCUT2D eigenvalue weighted by Gasteiger charge is -2.08. The molecule has 0 saturated carbocycles. The van der Waals surface area contributed by atoms with Gasteiger partial charge in [-0.3, -0.25) is 4.79 Å². The van der Waals surface area contributed by atoms with E-state index in [1.807, 2.05) is 0 Å². The van der Waals surface area contributed by atoms with E-state index < -0.39 is 17.2 Å². The molecule has 0 saturated heterocycles. The Morgan fingerprint density at radius 1 is 1.04 bits per heavy atom. The summed E-state index contributed by atoms with van der Waals surface area (Å²) in [5.41, 5.74) is -0.522. The number of halogens is 2. The maximum absolute atomic E-state index is 11.6. The summed E-state index contributed by atoms with van der Waals surface area (Å²) in [6.45, 7) is 0.845. The van der Waals surface area contributed by atoms with Crippen molar-refractivity contribution in [3.05, 3.63) is 56.6 Å². The summed E-state index contributed by atoms with van der Waals surface area (Å²) in [6, 6.07) is 5.97. The predicted molar refractivity (Wildman–Crippen MR) is 93.2 cm³/mol. The lowest BCUT2D eigenvalue weighted by molar-refractivity contribution is 0.0658. The zero-order valence-corrected chi connectivity index (χ0v) is 14.7. The zero-order chi connectivity index (χ0) is 18.2. The van der Waals surface area contributed by atoms with Crippen molar-refractivity contribution in [1.29, 1.82) is 0 Å². The third-order valence-corrected chi connectivity index (χ3v) is 3.95. The van der Waals surface area contributed by atoms with Crippen molar-refractivity contribution in [2.45, 2.75) is 19.3 Å². The van der Waals surface area contributed by atoms with Crippen molar-refractivity contribution in [3.8, 4) is 11.5 Å². The highest BCUT2D eigenvalue weighted by molar-refractivity contribution is 6.42. The number of rotatable bonds is 9. The largest absolute Gasteiger partial charge is 0.494 e. The number of ether oxygens (including phenoxy) is 2. The highest BCUT2D eigenvalue weighted by Gasteiger charge is 2.10. The van der Waals surface area contributed by atoms with Gasteiger partial charge in [-0.15, -0.1) is 0 Å². The first kappa shape index (κ1) is 19.1. The Morgan fingerprint density at radius 3 is 2.40 bits per heavy atom. The summed E-state index contributed by atoms with van der Waals surface area (Å²) in [5.74, 6) is -1.07. The quantitative estimate of drug-likeness (QED) is 0.647. The molecule has 0 spiro atoms. The van der Waals surface area contributed by atoms with E-state index in [1.54, 1.807) is 18.2 Å². The molecule has 0 radical (unpaired) electrons. The molecular weight excluding hydrogens is 371 g/mol. The average molecular weight is 387 g/mol. The summed E-state index contributed by atoms with van der Waals surface area (Å²) >= 11 is 11.7. The highest BCUT2D eigenvalue weighted by atomic mass is 35.5. The molecule has 1 aromatic heterocycles. The Balaban J connectivity index is 1.64. The van der Waals surface area contributed by atoms with Crippen LogP contribution in [0.4, 0.5) is 0 Å². The molecular formula is C17H16Cl2O6. The van der Waals surface area contributed by atoms with E-state index in [1.165, 1.54) is 0 Å². The predicted octanol–water partition coefficient (Wildman–Crippen LogP) is 4.27. The van der Waals surface area contributed by atoms with Crippen LogP contribution in [0.1, 0.15) is 29.8 Å². The molecule has 0 fully saturated rings. The number of benzene rings is 1. The van der Waals surface area contributed by atoms with Gasteiger partial charge in [-0.1, -0.05) is 23.2 Å². The number of hydrogen-bond donors (Lipinski definition) is 1. The van der Waals surface area contributed by atoms with Gasteiger partial charge in [0.25, 0.3) is 0 Å². The normalized spacial score (nSPS) is 10.5. The van der Waals surface area contributed by atoms with Crippen LogP contribution in [0.2, 0.25) is 10.0 Å². The Morgan fingerprint density at radius 2 is 1.76 bits per heavy atom. The molecule has 0 atom stereocenters. The second kappa shape index (κ2) is 9.34. The lowest BCUT2D eigenvalue weighted by Crippen LogP contribution is -2.11. The molecule has 134 valence electrons. The number of unbranched alkanes of at least 4 members (excludes halogenated alkanes) is 2. The van der Waals surface area contributed by atoms with Crippen LogP contribution < -0.4 is 14.9 Å². The van der Waals surface area contributed by atoms with E-state index in [9.17, 15) is 9.59 Å². The topological polar surface area (TPSA) is 86.0 Å². The molecule has 2 aromatic rings. The minimum atomic E-state index is -1.30. The molecule has 0 unspecified atom stereocenters. The summed E-state index contributed by atoms with van der Waals surface area (Å²) in [5, 5.41) is 9.63. The van der Waals surface area contributed by atoms with Gasteiger partial charge in [-0.05, 0) is 31.4 Å². The van der Waals surface area contributed by atoms with Crippen molar-refractivity contribution >= 4 is 29.2 Å². The van der Waals surface area contributed by atoms with E-state index in [4.69, 9.17) is 42.2 Å². The van der Waals surface area contributed by atoms with Gasteiger partial charge < -0.3 is 19.0 Å². The average Bonchev–Trinajstić information content (AvgIpc) is 2.58. The molecule has 0 aliphatic carbocycles. The molecule has 1 aromatic carbocycles. The summed E-state index contributed by atoms with van der Waals surface area (Å²) in [6.07, 6.45) is 3.36. The van der Waals surface area contributed by atoms with E-state index in [0.717, 1.165) is 25.2 Å². The second-order valence-corrected chi connectivity index (χ2v) is 5.93. The third-order valence-electron chi connectivity index (χ3n) is 3.21. The van der Waals surface area contributed by atoms with Gasteiger partial charge in [-0.2, -0.15) is 0 Å². The Kier molecular flexibility index (Phi) is 7.16. The van der Waals surface area contributed by atoms with Crippen molar-refractivity contribution in [2.24, 2.45) is 0 Å². The fraction of sp³-hybridized carbons (Fsp3) is 0.294. The molecule has 0 bridgehead atoms. The first-order valence-corrected chi connectivity index (χ1v) is 8.30. The zero-order valence-electron chi connectivity index (χ0n) is 13.2. The van der Waals surface area contributed by atoms with Crippen LogP contribution in [0.15, 0.2) is 39.7 Å². The van der Waals surface area contributed by atoms with Crippen LogP contribution >= 0.6 is 23.2 Å². The Labute approximate surface area is 153 Å². The minimum absolute atomic E-state index is 0.00273. The molecule has 6 nitrogen and oxygen atoms in total. The number of aromatic carboxylic acids is 1. The molecule has 8 heteroatoms. The van der Waals surface area contributed by atoms with Crippen LogP contribution in [-0.4, -0.2) is 24.3 Å². The molecule has 25 heavy (non-hydrogen) atoms. The number of hydrogen-bond acceptors (Lipinski definition) is 5. The lowest BCUT2D eigenvalue weighted by atomic mass is 10.2. The number of carbonyl (C=O) groups is 1. The molecule has 0 amide bonds. The first-order valence-electron chi connectivity index (χ1n) is 7.54. The monoisotopic (exact) mass is 386 g/mol. The van der Waals surface area contributed by atoms with E-state index >= 15 is 0 Å². The van der Waals surface area contributed by atoms with Gasteiger partial charge in [0.15, 0.2) is 0 Å². The summed E-state index contributed by atoms with van der Waals surface area (Å²) in [4.78, 5) is 22.3. The van der Waals surface area contributed by atoms with Gasteiger partial charge in [0.2, 0.25) is 16.9 Å². The van der Waals surface area contributed by atoms with Crippen LogP contribution in [-0.2, 0) is 0 Å². The summed E-state index contributed by atoms with van der Waals surface area (Å²) in [7, 11) is 0. The minimum Gasteiger partial charge on any atom is -0.494 e. The fourth-order valence-electron chi connectivity index (χ4n) is 1.94. The van der Waals surface area contributed by atoms with Crippen molar-refractivity contribution in [3.63, 3.8) is 0 Å². The molecule has 1 N–H and O–H groups in total. The van der Waals surface area contributed by atoms with Gasteiger partial charge in [0.1, 0.15) is 12.0 Å². The van der Waals surface area contributed by atoms with Gasteiger partial charge >= 0.3 is 5.97 Å². The number of carboxylic acid groups (broad SMARTS) is 1. The molecule has 0 aliphatic rings. The highest BCUT2D eigenvalue weighted by Crippen LogP contribution is 2.26. The van der Waals surface area contributed by atoms with E-state index in [0.29, 0.717) is 35.4 Å². The second-order valence-electron chi connectivity index (χ2n) is 5.11. The van der Waals surface area contributed by atoms with Crippen LogP contribution in [0.25, 0.3) is 0 Å². The standard InChI is InChI=1S/C17H16Cl2O6/c18-12-5-4-11(8-13(12)19)23-6-2-1-3-7-24-16-10-25-15(17(21)22)9-14(16)20/h4-5,8-10H,1-3,6-7H2,(H,21,22). The van der Waals surface area contributed by atoms with Crippen LogP contribution in [0.3, 0.4) is 0 Å². The van der Waals surface area contributed by atoms with Crippen LogP contribution in [0, 0.1) is 0 Å². The first-order chi connectivity index (χ1) is 12.0. The molecule has 2 rings (SSSR count). The van der Waals surface area contributed by atoms with Crippen LogP contribution in [0.5, 0.6) is 11.5 Å². The molecule has 0 aliphatic heterocycles. The Bertz CT molecular complexity index is 787. The van der Waals surface area contributed by atoms with Crippen molar-refractivity contribution in [1.82, 2.24) is 0 Å². The Hall–Kier alpha value is -2.18. The van der Waals surface area contributed by atoms with E-state index in [-0.39, 0.29) is 5.75 Å². The van der Waals surface area contributed by atoms with Crippen molar-refractivity contribution < 1.29 is 23.8 Å². The van der Waals surface area contributed by atoms with E-state index in [2.05, 4.69) is 0 Å². The maximum atomic E-state index is 11.6. The number of carboxylic acids is 1. The SMILES string of the molecule is O=C(O)c1cc(=O)c(OCCCCCOc2ccc(Cl)c(Cl)c2)co1. The maximum Gasteiger partial charge on any atom is 0.371 e. The van der Waals surface area contributed by atoms with Gasteiger partial charge in [0, 0.05) is 12.1 Å². The van der Waals surface area contributed by atoms with Gasteiger partial charge in [0.05, 0.1) is 23.3 Å². The van der Waals surface area contributed by atoms with Gasteiger partial charge in [-0.25, -0.2) is 4.79 Å². The molecule has 1 heterocycles. The van der Waals surface area contributed by atoms with Crippen molar-refractivity contribution in [2.75, 3.05) is 13.2 Å². The summed E-state index contributed by atoms with van der Waals surface area (Å²) < 4.78 is 15.6. The smallest absolute Gasteiger partial charge is 0.371 e. The third kappa shape index (κ3) is 5.99.